The second-order valence-electron chi connectivity index (χ2n) is 3.71. The van der Waals surface area contributed by atoms with Crippen molar-refractivity contribution in [3.05, 3.63) is 0 Å². The van der Waals surface area contributed by atoms with Crippen LogP contribution < -0.4 is 10.6 Å². The van der Waals surface area contributed by atoms with Gasteiger partial charge in [-0.3, -0.25) is 0 Å². The van der Waals surface area contributed by atoms with Crippen LogP contribution in [-0.2, 0) is 0 Å². The molecule has 1 saturated heterocycles. The van der Waals surface area contributed by atoms with Crippen molar-refractivity contribution in [2.75, 3.05) is 26.7 Å². The summed E-state index contributed by atoms with van der Waals surface area (Å²) in [5, 5.41) is 5.68. The van der Waals surface area contributed by atoms with E-state index in [9.17, 15) is 0 Å². The highest BCUT2D eigenvalue weighted by Gasteiger charge is 2.27. The summed E-state index contributed by atoms with van der Waals surface area (Å²) < 4.78 is 0. The Balaban J connectivity index is 2.32. The molecule has 3 N–H and O–H groups in total. The number of nitrogens with two attached hydrogens (primary N) is 1. The maximum Gasteiger partial charge on any atom is 0.0761 e. The number of hydrogen-bond acceptors (Lipinski definition) is 1. The van der Waals surface area contributed by atoms with E-state index >= 15 is 0 Å². The Morgan fingerprint density at radius 2 is 2.00 bits per heavy atom. The van der Waals surface area contributed by atoms with Crippen LogP contribution in [-0.4, -0.2) is 26.7 Å². The number of quaternary nitrogens is 1. The fourth-order valence-corrected chi connectivity index (χ4v) is 1.77. The van der Waals surface area contributed by atoms with Gasteiger partial charge in [-0.15, -0.1) is 0 Å². The van der Waals surface area contributed by atoms with E-state index in [0.717, 1.165) is 0 Å². The molecule has 1 fully saturated rings. The Labute approximate surface area is 63.4 Å². The summed E-state index contributed by atoms with van der Waals surface area (Å²) in [6, 6.07) is 0. The molecule has 60 valence electrons. The lowest BCUT2D eigenvalue weighted by molar-refractivity contribution is -0.667. The van der Waals surface area contributed by atoms with Crippen molar-refractivity contribution in [3.8, 4) is 0 Å². The maximum absolute atomic E-state index is 3.26. The van der Waals surface area contributed by atoms with Crippen LogP contribution in [0.4, 0.5) is 0 Å². The average Bonchev–Trinajstić information content (AvgIpc) is 1.89. The molecule has 0 radical (unpaired) electrons. The van der Waals surface area contributed by atoms with Crippen molar-refractivity contribution >= 4 is 0 Å². The molecule has 0 amide bonds. The topological polar surface area (TPSA) is 28.6 Å². The number of hydrogen-bond donors (Lipinski definition) is 2. The van der Waals surface area contributed by atoms with Crippen LogP contribution >= 0.6 is 0 Å². The fraction of sp³-hybridized carbons (Fsp3) is 1.00. The molecule has 0 spiro atoms. The Morgan fingerprint density at radius 3 is 2.50 bits per heavy atom. The minimum atomic E-state index is 0.587. The largest absolute Gasteiger partial charge is 0.346 e. The van der Waals surface area contributed by atoms with Gasteiger partial charge in [0, 0.05) is 19.4 Å². The van der Waals surface area contributed by atoms with Gasteiger partial charge in [-0.05, 0) is 12.5 Å². The molecule has 2 nitrogen and oxygen atoms in total. The van der Waals surface area contributed by atoms with Gasteiger partial charge in [0.25, 0.3) is 0 Å². The molecule has 1 heterocycles. The lowest BCUT2D eigenvalue weighted by Gasteiger charge is -2.31. The zero-order valence-corrected chi connectivity index (χ0v) is 7.11. The lowest BCUT2D eigenvalue weighted by atomic mass is 9.81. The monoisotopic (exact) mass is 143 g/mol. The van der Waals surface area contributed by atoms with Gasteiger partial charge in [-0.25, -0.2) is 0 Å². The molecule has 1 aliphatic heterocycles. The van der Waals surface area contributed by atoms with Gasteiger partial charge in [-0.1, -0.05) is 6.92 Å². The van der Waals surface area contributed by atoms with Crippen LogP contribution in [0.15, 0.2) is 0 Å². The number of piperidine rings is 1. The highest BCUT2D eigenvalue weighted by molar-refractivity contribution is 4.76. The van der Waals surface area contributed by atoms with E-state index in [1.165, 1.54) is 32.5 Å². The van der Waals surface area contributed by atoms with Gasteiger partial charge < -0.3 is 10.6 Å². The first-order chi connectivity index (χ1) is 4.77. The summed E-state index contributed by atoms with van der Waals surface area (Å²) in [7, 11) is 2.05. The van der Waals surface area contributed by atoms with Crippen molar-refractivity contribution in [1.82, 2.24) is 5.32 Å². The predicted octanol–water partition coefficient (Wildman–Crippen LogP) is -0.431. The van der Waals surface area contributed by atoms with E-state index in [1.807, 2.05) is 7.05 Å². The van der Waals surface area contributed by atoms with E-state index in [2.05, 4.69) is 17.6 Å². The van der Waals surface area contributed by atoms with Gasteiger partial charge in [0.1, 0.15) is 0 Å². The number of rotatable bonds is 2. The number of nitrogens with one attached hydrogen (secondary N) is 1. The van der Waals surface area contributed by atoms with Crippen molar-refractivity contribution < 1.29 is 5.32 Å². The molecule has 1 aliphatic rings. The van der Waals surface area contributed by atoms with Crippen LogP contribution in [0.2, 0.25) is 0 Å². The molecule has 0 aromatic rings. The van der Waals surface area contributed by atoms with E-state index in [0.29, 0.717) is 5.41 Å². The van der Waals surface area contributed by atoms with Crippen LogP contribution in [0.5, 0.6) is 0 Å². The molecule has 0 aromatic heterocycles. The molecule has 0 saturated carbocycles. The lowest BCUT2D eigenvalue weighted by Crippen LogP contribution is -2.87. The summed E-state index contributed by atoms with van der Waals surface area (Å²) >= 11 is 0. The van der Waals surface area contributed by atoms with Gasteiger partial charge in [-0.2, -0.15) is 0 Å². The van der Waals surface area contributed by atoms with Crippen LogP contribution in [0.25, 0.3) is 0 Å². The van der Waals surface area contributed by atoms with Crippen LogP contribution in [0, 0.1) is 5.41 Å². The SMILES string of the molecule is CNCC1(C)CC[NH2+]CC1. The van der Waals surface area contributed by atoms with Crippen molar-refractivity contribution in [1.29, 1.82) is 0 Å². The third-order valence-electron chi connectivity index (χ3n) is 2.51. The maximum atomic E-state index is 3.26. The molecule has 10 heavy (non-hydrogen) atoms. The quantitative estimate of drug-likeness (QED) is 0.539. The second kappa shape index (κ2) is 3.35. The third kappa shape index (κ3) is 1.96. The van der Waals surface area contributed by atoms with Gasteiger partial charge in [0.05, 0.1) is 13.1 Å². The third-order valence-corrected chi connectivity index (χ3v) is 2.51. The van der Waals surface area contributed by atoms with Crippen molar-refractivity contribution in [3.63, 3.8) is 0 Å². The van der Waals surface area contributed by atoms with E-state index in [-0.39, 0.29) is 0 Å². The molecule has 0 unspecified atom stereocenters. The summed E-state index contributed by atoms with van der Waals surface area (Å²) in [6.07, 6.45) is 2.74. The zero-order chi connectivity index (χ0) is 7.45. The minimum Gasteiger partial charge on any atom is -0.346 e. The first-order valence-electron chi connectivity index (χ1n) is 4.23. The standard InChI is InChI=1S/C8H18N2/c1-8(7-9-2)3-5-10-6-4-8/h9-10H,3-7H2,1-2H3/p+1. The Kier molecular flexibility index (Phi) is 2.69. The van der Waals surface area contributed by atoms with E-state index in [4.69, 9.17) is 0 Å². The Morgan fingerprint density at radius 1 is 1.40 bits per heavy atom. The molecule has 0 aromatic carbocycles. The smallest absolute Gasteiger partial charge is 0.0761 e. The highest BCUT2D eigenvalue weighted by atomic mass is 14.9. The van der Waals surface area contributed by atoms with Crippen molar-refractivity contribution in [2.45, 2.75) is 19.8 Å². The first kappa shape index (κ1) is 8.02. The molecular formula is C8H19N2+. The highest BCUT2D eigenvalue weighted by Crippen LogP contribution is 2.24. The van der Waals surface area contributed by atoms with E-state index < -0.39 is 0 Å². The molecule has 0 bridgehead atoms. The molecule has 1 rings (SSSR count). The Bertz CT molecular complexity index is 89.9. The molecule has 2 heteroatoms. The average molecular weight is 143 g/mol. The summed E-state index contributed by atoms with van der Waals surface area (Å²) in [4.78, 5) is 0. The molecule has 0 atom stereocenters. The predicted molar refractivity (Wildman–Crippen MR) is 42.9 cm³/mol. The second-order valence-corrected chi connectivity index (χ2v) is 3.71. The Hall–Kier alpha value is -0.0800. The van der Waals surface area contributed by atoms with Gasteiger partial charge in [0.2, 0.25) is 0 Å². The van der Waals surface area contributed by atoms with Crippen molar-refractivity contribution in [2.24, 2.45) is 5.41 Å². The zero-order valence-electron chi connectivity index (χ0n) is 7.11. The first-order valence-corrected chi connectivity index (χ1v) is 4.23. The van der Waals surface area contributed by atoms with Gasteiger partial charge in [0.15, 0.2) is 0 Å². The minimum absolute atomic E-state index is 0.587. The normalized spacial score (nSPS) is 24.6. The summed E-state index contributed by atoms with van der Waals surface area (Å²) in [6.45, 7) is 6.20. The van der Waals surface area contributed by atoms with Gasteiger partial charge >= 0.3 is 0 Å². The van der Waals surface area contributed by atoms with Crippen LogP contribution in [0.1, 0.15) is 19.8 Å². The summed E-state index contributed by atoms with van der Waals surface area (Å²) in [5.74, 6) is 0. The molecular weight excluding hydrogens is 124 g/mol. The van der Waals surface area contributed by atoms with Crippen LogP contribution in [0.3, 0.4) is 0 Å². The van der Waals surface area contributed by atoms with E-state index in [1.54, 1.807) is 0 Å². The summed E-state index contributed by atoms with van der Waals surface area (Å²) in [5.41, 5.74) is 0.587. The molecule has 0 aliphatic carbocycles. The fourth-order valence-electron chi connectivity index (χ4n) is 1.77.